The van der Waals surface area contributed by atoms with E-state index >= 15 is 0 Å². The van der Waals surface area contributed by atoms with Crippen LogP contribution in [0.25, 0.3) is 0 Å². The van der Waals surface area contributed by atoms with Gasteiger partial charge in [-0.3, -0.25) is 0 Å². The number of nitrogens with zero attached hydrogens (tertiary/aromatic N) is 1. The van der Waals surface area contributed by atoms with E-state index in [2.05, 4.69) is 39.5 Å². The highest BCUT2D eigenvalue weighted by Crippen LogP contribution is 2.31. The second-order valence-electron chi connectivity index (χ2n) is 5.95. The van der Waals surface area contributed by atoms with Crippen molar-refractivity contribution in [3.05, 3.63) is 22.3 Å². The van der Waals surface area contributed by atoms with Crippen LogP contribution < -0.4 is 9.46 Å². The average molecular weight is 363 g/mol. The molecule has 0 radical (unpaired) electrons. The van der Waals surface area contributed by atoms with Gasteiger partial charge < -0.3 is 9.29 Å². The van der Waals surface area contributed by atoms with Crippen molar-refractivity contribution >= 4 is 27.3 Å². The lowest BCUT2D eigenvalue weighted by Crippen LogP contribution is -2.42. The van der Waals surface area contributed by atoms with Gasteiger partial charge in [0.2, 0.25) is 5.88 Å². The van der Waals surface area contributed by atoms with Gasteiger partial charge in [-0.15, -0.1) is 4.72 Å². The Kier molecular flexibility index (Phi) is 6.31. The van der Waals surface area contributed by atoms with Crippen molar-refractivity contribution in [3.8, 4) is 5.88 Å². The summed E-state index contributed by atoms with van der Waals surface area (Å²) in [5, 5.41) is 0. The Morgan fingerprint density at radius 2 is 1.95 bits per heavy atom. The van der Waals surface area contributed by atoms with Gasteiger partial charge in [-0.1, -0.05) is 13.8 Å². The second-order valence-corrected chi connectivity index (χ2v) is 8.70. The molecule has 0 aliphatic heterocycles. The van der Waals surface area contributed by atoms with Crippen molar-refractivity contribution in [2.75, 3.05) is 7.11 Å². The van der Waals surface area contributed by atoms with Crippen molar-refractivity contribution in [3.63, 3.8) is 0 Å². The fourth-order valence-corrected chi connectivity index (χ4v) is 3.16. The molecule has 0 saturated carbocycles. The summed E-state index contributed by atoms with van der Waals surface area (Å²) in [4.78, 5) is 4.32. The molecule has 1 rings (SSSR count). The van der Waals surface area contributed by atoms with Gasteiger partial charge >= 0.3 is 0 Å². The highest BCUT2D eigenvalue weighted by molar-refractivity contribution is 9.10. The molecule has 4 nitrogen and oxygen atoms in total. The molecule has 2 atom stereocenters. The molecule has 1 aromatic rings. The molecule has 0 amide bonds. The standard InChI is InChI=1S/C14H23BrN2O2S/c1-9(2)12(17-20(18)14(3,4)5)10-7-8-11(19-6)16-13(10)15/h7-9,12,17H,1-6H3/t12-,20?/m1/s1. The SMILES string of the molecule is COc1ccc([C@H](N[S+]([O-])C(C)(C)C)C(C)C)c(Br)n1. The quantitative estimate of drug-likeness (QED) is 0.642. The molecule has 0 spiro atoms. The zero-order valence-corrected chi connectivity index (χ0v) is 15.3. The third-order valence-corrected chi connectivity index (χ3v) is 5.07. The van der Waals surface area contributed by atoms with Crippen LogP contribution in [-0.4, -0.2) is 21.4 Å². The Hall–Kier alpha value is -0.300. The number of pyridine rings is 1. The van der Waals surface area contributed by atoms with Gasteiger partial charge in [-0.25, -0.2) is 4.98 Å². The van der Waals surface area contributed by atoms with Crippen LogP contribution in [0.5, 0.6) is 5.88 Å². The van der Waals surface area contributed by atoms with Crippen molar-refractivity contribution in [2.45, 2.75) is 45.4 Å². The van der Waals surface area contributed by atoms with Gasteiger partial charge in [0.15, 0.2) is 0 Å². The number of nitrogens with one attached hydrogen (secondary N) is 1. The highest BCUT2D eigenvalue weighted by atomic mass is 79.9. The third kappa shape index (κ3) is 4.62. The van der Waals surface area contributed by atoms with E-state index in [4.69, 9.17) is 4.74 Å². The smallest absolute Gasteiger partial charge is 0.214 e. The van der Waals surface area contributed by atoms with Gasteiger partial charge in [0, 0.05) is 23.0 Å². The van der Waals surface area contributed by atoms with Crippen LogP contribution in [0.2, 0.25) is 0 Å². The predicted molar refractivity (Wildman–Crippen MR) is 87.1 cm³/mol. The van der Waals surface area contributed by atoms with Gasteiger partial charge in [0.1, 0.15) is 9.35 Å². The molecular formula is C14H23BrN2O2S. The minimum Gasteiger partial charge on any atom is -0.598 e. The van der Waals surface area contributed by atoms with E-state index in [1.807, 2.05) is 32.9 Å². The molecule has 1 heterocycles. The van der Waals surface area contributed by atoms with Crippen molar-refractivity contribution in [1.29, 1.82) is 0 Å². The van der Waals surface area contributed by atoms with Crippen LogP contribution in [-0.2, 0) is 11.4 Å². The van der Waals surface area contributed by atoms with Gasteiger partial charge in [0.25, 0.3) is 0 Å². The fraction of sp³-hybridized carbons (Fsp3) is 0.643. The van der Waals surface area contributed by atoms with E-state index < -0.39 is 11.4 Å². The lowest BCUT2D eigenvalue weighted by Gasteiger charge is -2.30. The minimum atomic E-state index is -1.13. The molecule has 0 aliphatic rings. The average Bonchev–Trinajstić information content (AvgIpc) is 2.34. The Labute approximate surface area is 133 Å². The lowest BCUT2D eigenvalue weighted by molar-refractivity contribution is 0.394. The topological polar surface area (TPSA) is 57.2 Å². The molecule has 114 valence electrons. The third-order valence-electron chi connectivity index (χ3n) is 2.85. The predicted octanol–water partition coefficient (Wildman–Crippen LogP) is 3.60. The number of hydrogen-bond donors (Lipinski definition) is 1. The van der Waals surface area contributed by atoms with Crippen LogP contribution in [0.3, 0.4) is 0 Å². The largest absolute Gasteiger partial charge is 0.598 e. The van der Waals surface area contributed by atoms with Crippen molar-refractivity contribution < 1.29 is 9.29 Å². The number of rotatable bonds is 5. The molecule has 0 saturated heterocycles. The number of methoxy groups -OCH3 is 1. The van der Waals surface area contributed by atoms with Crippen LogP contribution >= 0.6 is 15.9 Å². The zero-order chi connectivity index (χ0) is 15.5. The summed E-state index contributed by atoms with van der Waals surface area (Å²) in [5.41, 5.74) is 0.985. The van der Waals surface area contributed by atoms with Gasteiger partial charge in [0.05, 0.1) is 13.2 Å². The Morgan fingerprint density at radius 3 is 2.35 bits per heavy atom. The number of hydrogen-bond acceptors (Lipinski definition) is 4. The molecule has 20 heavy (non-hydrogen) atoms. The van der Waals surface area contributed by atoms with E-state index in [0.717, 1.165) is 5.56 Å². The first-order valence-electron chi connectivity index (χ1n) is 6.55. The summed E-state index contributed by atoms with van der Waals surface area (Å²) in [5.74, 6) is 0.841. The van der Waals surface area contributed by atoms with Crippen molar-refractivity contribution in [2.24, 2.45) is 5.92 Å². The van der Waals surface area contributed by atoms with Crippen LogP contribution in [0.15, 0.2) is 16.7 Å². The molecule has 6 heteroatoms. The lowest BCUT2D eigenvalue weighted by atomic mass is 9.99. The van der Waals surface area contributed by atoms with E-state index in [1.54, 1.807) is 7.11 Å². The maximum absolute atomic E-state index is 12.3. The first-order chi connectivity index (χ1) is 9.16. The maximum Gasteiger partial charge on any atom is 0.214 e. The summed E-state index contributed by atoms with van der Waals surface area (Å²) in [6.45, 7) is 10.0. The van der Waals surface area contributed by atoms with Crippen LogP contribution in [0.1, 0.15) is 46.2 Å². The Balaban J connectivity index is 3.03. The van der Waals surface area contributed by atoms with Gasteiger partial charge in [-0.2, -0.15) is 0 Å². The molecular weight excluding hydrogens is 340 g/mol. The van der Waals surface area contributed by atoms with Gasteiger partial charge in [-0.05, 0) is 48.7 Å². The van der Waals surface area contributed by atoms with E-state index in [1.165, 1.54) is 0 Å². The summed E-state index contributed by atoms with van der Waals surface area (Å²) >= 11 is 2.33. The first-order valence-corrected chi connectivity index (χ1v) is 8.49. The zero-order valence-electron chi connectivity index (χ0n) is 12.9. The number of ether oxygens (including phenoxy) is 1. The minimum absolute atomic E-state index is 0.0390. The molecule has 1 aromatic heterocycles. The molecule has 0 bridgehead atoms. The molecule has 0 aliphatic carbocycles. The van der Waals surface area contributed by atoms with E-state index in [0.29, 0.717) is 10.5 Å². The normalized spacial score (nSPS) is 15.2. The summed E-state index contributed by atoms with van der Waals surface area (Å²) < 4.78 is 21.1. The first kappa shape index (κ1) is 17.8. The molecule has 0 fully saturated rings. The van der Waals surface area contributed by atoms with E-state index in [9.17, 15) is 4.55 Å². The summed E-state index contributed by atoms with van der Waals surface area (Å²) in [6, 6.07) is 3.73. The second kappa shape index (κ2) is 7.11. The molecule has 1 N–H and O–H groups in total. The molecule has 1 unspecified atom stereocenters. The number of halogens is 1. The Morgan fingerprint density at radius 1 is 1.35 bits per heavy atom. The highest BCUT2D eigenvalue weighted by Gasteiger charge is 2.32. The monoisotopic (exact) mass is 362 g/mol. The maximum atomic E-state index is 12.3. The Bertz CT molecular complexity index is 449. The van der Waals surface area contributed by atoms with E-state index in [-0.39, 0.29) is 16.7 Å². The number of aromatic nitrogens is 1. The van der Waals surface area contributed by atoms with Crippen molar-refractivity contribution in [1.82, 2.24) is 9.71 Å². The summed E-state index contributed by atoms with van der Waals surface area (Å²) in [6.07, 6.45) is 0. The van der Waals surface area contributed by atoms with Crippen LogP contribution in [0, 0.1) is 5.92 Å². The fourth-order valence-electron chi connectivity index (χ4n) is 1.62. The summed E-state index contributed by atoms with van der Waals surface area (Å²) in [7, 11) is 1.58. The molecule has 0 aromatic carbocycles. The van der Waals surface area contributed by atoms with Crippen LogP contribution in [0.4, 0.5) is 0 Å².